The van der Waals surface area contributed by atoms with Crippen molar-refractivity contribution in [3.8, 4) is 0 Å². The first kappa shape index (κ1) is 18.0. The molecule has 1 saturated heterocycles. The SMILES string of the molecule is CC1(c2noc(C3N=CN4c5ccc(F)cc5N(C5(C)CCCO5)C(=O)C34)n2)CC1. The van der Waals surface area contributed by atoms with Crippen molar-refractivity contribution in [1.29, 1.82) is 0 Å². The summed E-state index contributed by atoms with van der Waals surface area (Å²) in [7, 11) is 0. The van der Waals surface area contributed by atoms with Gasteiger partial charge in [-0.05, 0) is 50.8 Å². The Labute approximate surface area is 172 Å². The van der Waals surface area contributed by atoms with Crippen LogP contribution in [0.25, 0.3) is 0 Å². The summed E-state index contributed by atoms with van der Waals surface area (Å²) in [4.78, 5) is 26.3. The molecule has 4 aliphatic rings. The highest BCUT2D eigenvalue weighted by atomic mass is 19.1. The van der Waals surface area contributed by atoms with E-state index in [1.54, 1.807) is 22.2 Å². The lowest BCUT2D eigenvalue weighted by Crippen LogP contribution is -2.60. The number of anilines is 2. The summed E-state index contributed by atoms with van der Waals surface area (Å²) in [5.74, 6) is 0.383. The number of fused-ring (bicyclic) bond motifs is 3. The van der Waals surface area contributed by atoms with E-state index in [0.29, 0.717) is 36.1 Å². The van der Waals surface area contributed by atoms with E-state index in [1.807, 2.05) is 6.92 Å². The fourth-order valence-electron chi connectivity index (χ4n) is 4.70. The molecule has 30 heavy (non-hydrogen) atoms. The van der Waals surface area contributed by atoms with Crippen molar-refractivity contribution >= 4 is 23.6 Å². The van der Waals surface area contributed by atoms with Gasteiger partial charge in [-0.2, -0.15) is 4.98 Å². The number of carbonyl (C=O) groups excluding carboxylic acids is 1. The predicted octanol–water partition coefficient (Wildman–Crippen LogP) is 3.09. The Morgan fingerprint density at radius 1 is 1.20 bits per heavy atom. The molecular weight excluding hydrogens is 389 g/mol. The number of amides is 1. The van der Waals surface area contributed by atoms with Crippen LogP contribution in [0.15, 0.2) is 27.7 Å². The number of hydrogen-bond acceptors (Lipinski definition) is 7. The van der Waals surface area contributed by atoms with Gasteiger partial charge in [0.25, 0.3) is 11.8 Å². The van der Waals surface area contributed by atoms with E-state index in [0.717, 1.165) is 19.3 Å². The minimum Gasteiger partial charge on any atom is -0.355 e. The molecule has 0 N–H and O–H groups in total. The lowest BCUT2D eigenvalue weighted by Gasteiger charge is -2.45. The van der Waals surface area contributed by atoms with Crippen LogP contribution in [0.4, 0.5) is 15.8 Å². The van der Waals surface area contributed by atoms with Crippen LogP contribution in [0, 0.1) is 5.82 Å². The van der Waals surface area contributed by atoms with E-state index < -0.39 is 23.6 Å². The maximum atomic E-state index is 14.1. The molecule has 2 aromatic rings. The molecule has 0 spiro atoms. The molecule has 0 bridgehead atoms. The van der Waals surface area contributed by atoms with Gasteiger partial charge in [0.05, 0.1) is 17.7 Å². The fraction of sp³-hybridized carbons (Fsp3) is 0.524. The number of halogens is 1. The Kier molecular flexibility index (Phi) is 3.52. The molecule has 1 aliphatic carbocycles. The second-order valence-corrected chi connectivity index (χ2v) is 9.01. The Balaban J connectivity index is 1.44. The van der Waals surface area contributed by atoms with E-state index in [1.165, 1.54) is 12.1 Å². The highest BCUT2D eigenvalue weighted by Gasteiger charge is 2.54. The van der Waals surface area contributed by atoms with Crippen molar-refractivity contribution < 1.29 is 18.4 Å². The number of rotatable bonds is 3. The van der Waals surface area contributed by atoms with E-state index in [2.05, 4.69) is 22.1 Å². The third-order valence-corrected chi connectivity index (χ3v) is 6.79. The minimum absolute atomic E-state index is 0.0400. The summed E-state index contributed by atoms with van der Waals surface area (Å²) in [5.41, 5.74) is 0.324. The maximum absolute atomic E-state index is 14.1. The largest absolute Gasteiger partial charge is 0.355 e. The van der Waals surface area contributed by atoms with Gasteiger partial charge in [0.1, 0.15) is 17.6 Å². The number of nitrogens with zero attached hydrogens (tertiary/aromatic N) is 5. The van der Waals surface area contributed by atoms with Gasteiger partial charge in [-0.3, -0.25) is 14.7 Å². The summed E-state index contributed by atoms with van der Waals surface area (Å²) >= 11 is 0. The maximum Gasteiger partial charge on any atom is 0.255 e. The standard InChI is InChI=1S/C21H22FN5O3/c1-20(7-8-20)19-24-17(30-25-19)15-16-18(28)27(21(2)6-3-9-29-21)14-10-12(22)4-5-13(14)26(16)11-23-15/h4-5,10-11,15-16H,3,6-9H2,1-2H3. The summed E-state index contributed by atoms with van der Waals surface area (Å²) in [6, 6.07) is 3.16. The highest BCUT2D eigenvalue weighted by molar-refractivity contribution is 6.12. The van der Waals surface area contributed by atoms with E-state index >= 15 is 0 Å². The van der Waals surface area contributed by atoms with Crippen molar-refractivity contribution in [1.82, 2.24) is 10.1 Å². The first-order valence-corrected chi connectivity index (χ1v) is 10.3. The molecule has 1 saturated carbocycles. The molecule has 156 valence electrons. The first-order chi connectivity index (χ1) is 14.4. The molecule has 0 radical (unpaired) electrons. The molecule has 9 heteroatoms. The second-order valence-electron chi connectivity index (χ2n) is 9.01. The first-order valence-electron chi connectivity index (χ1n) is 10.3. The van der Waals surface area contributed by atoms with Crippen molar-refractivity contribution in [2.24, 2.45) is 4.99 Å². The summed E-state index contributed by atoms with van der Waals surface area (Å²) in [5, 5.41) is 4.15. The molecule has 3 atom stereocenters. The van der Waals surface area contributed by atoms with Crippen LogP contribution in [0.1, 0.15) is 57.3 Å². The summed E-state index contributed by atoms with van der Waals surface area (Å²) < 4.78 is 25.7. The van der Waals surface area contributed by atoms with Gasteiger partial charge in [-0.15, -0.1) is 0 Å². The molecular formula is C21H22FN5O3. The van der Waals surface area contributed by atoms with Crippen molar-refractivity contribution in [3.63, 3.8) is 0 Å². The van der Waals surface area contributed by atoms with Crippen LogP contribution in [-0.4, -0.2) is 40.8 Å². The lowest BCUT2D eigenvalue weighted by molar-refractivity contribution is -0.125. The molecule has 2 fully saturated rings. The second kappa shape index (κ2) is 5.87. The Bertz CT molecular complexity index is 1070. The number of aliphatic imine (C=N–C) groups is 1. The predicted molar refractivity (Wildman–Crippen MR) is 106 cm³/mol. The molecule has 1 aromatic carbocycles. The van der Waals surface area contributed by atoms with Crippen LogP contribution < -0.4 is 9.80 Å². The number of hydrogen-bond donors (Lipinski definition) is 0. The topological polar surface area (TPSA) is 84.1 Å². The van der Waals surface area contributed by atoms with E-state index in [9.17, 15) is 9.18 Å². The molecule has 8 nitrogen and oxygen atoms in total. The Hall–Kier alpha value is -2.81. The van der Waals surface area contributed by atoms with Gasteiger partial charge >= 0.3 is 0 Å². The zero-order valence-electron chi connectivity index (χ0n) is 16.8. The van der Waals surface area contributed by atoms with Gasteiger partial charge in [-0.25, -0.2) is 4.39 Å². The molecule has 3 aliphatic heterocycles. The van der Waals surface area contributed by atoms with Crippen molar-refractivity contribution in [2.75, 3.05) is 16.4 Å². The Morgan fingerprint density at radius 2 is 2.03 bits per heavy atom. The number of aromatic nitrogens is 2. The minimum atomic E-state index is -0.833. The normalized spacial score (nSPS) is 31.2. The average Bonchev–Trinajstić information content (AvgIpc) is 3.15. The van der Waals surface area contributed by atoms with Crippen LogP contribution in [0.5, 0.6) is 0 Å². The van der Waals surface area contributed by atoms with Crippen LogP contribution in [0.3, 0.4) is 0 Å². The summed E-state index contributed by atoms with van der Waals surface area (Å²) in [6.07, 6.45) is 5.18. The zero-order valence-corrected chi connectivity index (χ0v) is 16.8. The van der Waals surface area contributed by atoms with Crippen molar-refractivity contribution in [3.05, 3.63) is 35.7 Å². The summed E-state index contributed by atoms with van der Waals surface area (Å²) in [6.45, 7) is 4.54. The average molecular weight is 411 g/mol. The van der Waals surface area contributed by atoms with Gasteiger partial charge in [0, 0.05) is 12.0 Å². The fourth-order valence-corrected chi connectivity index (χ4v) is 4.70. The van der Waals surface area contributed by atoms with Crippen LogP contribution >= 0.6 is 0 Å². The highest BCUT2D eigenvalue weighted by Crippen LogP contribution is 2.49. The number of ether oxygens (including phenoxy) is 1. The van der Waals surface area contributed by atoms with Gasteiger partial charge in [0.2, 0.25) is 0 Å². The van der Waals surface area contributed by atoms with Crippen LogP contribution in [-0.2, 0) is 14.9 Å². The van der Waals surface area contributed by atoms with E-state index in [-0.39, 0.29) is 11.3 Å². The third-order valence-electron chi connectivity index (χ3n) is 6.79. The molecule has 6 rings (SSSR count). The van der Waals surface area contributed by atoms with Crippen LogP contribution in [0.2, 0.25) is 0 Å². The Morgan fingerprint density at radius 3 is 2.77 bits per heavy atom. The smallest absolute Gasteiger partial charge is 0.255 e. The van der Waals surface area contributed by atoms with Crippen molar-refractivity contribution in [2.45, 2.75) is 62.8 Å². The van der Waals surface area contributed by atoms with Gasteiger partial charge in [-0.1, -0.05) is 12.1 Å². The van der Waals surface area contributed by atoms with E-state index in [4.69, 9.17) is 9.26 Å². The zero-order chi connectivity index (χ0) is 20.7. The third kappa shape index (κ3) is 2.41. The number of benzene rings is 1. The molecule has 1 amide bonds. The molecule has 3 unspecified atom stereocenters. The van der Waals surface area contributed by atoms with Gasteiger partial charge < -0.3 is 14.2 Å². The molecule has 1 aromatic heterocycles. The number of carbonyl (C=O) groups is 1. The molecule has 4 heterocycles. The monoisotopic (exact) mass is 411 g/mol. The lowest BCUT2D eigenvalue weighted by atomic mass is 9.97. The van der Waals surface area contributed by atoms with Gasteiger partial charge in [0.15, 0.2) is 11.9 Å². The quantitative estimate of drug-likeness (QED) is 0.772.